The molecule has 0 unspecified atom stereocenters. The van der Waals surface area contributed by atoms with Gasteiger partial charge in [-0.2, -0.15) is 0 Å². The predicted octanol–water partition coefficient (Wildman–Crippen LogP) is 3.70. The van der Waals surface area contributed by atoms with Gasteiger partial charge in [-0.3, -0.25) is 4.79 Å². The molecule has 0 aliphatic heterocycles. The van der Waals surface area contributed by atoms with Gasteiger partial charge in [0, 0.05) is 18.0 Å². The Hall–Kier alpha value is -1.45. The van der Waals surface area contributed by atoms with Crippen molar-refractivity contribution in [3.8, 4) is 0 Å². The molecule has 0 saturated heterocycles. The summed E-state index contributed by atoms with van der Waals surface area (Å²) in [7, 11) is 0. The molecule has 1 aromatic rings. The molecule has 0 heterocycles. The van der Waals surface area contributed by atoms with E-state index in [4.69, 9.17) is 0 Å². The summed E-state index contributed by atoms with van der Waals surface area (Å²) in [5, 5.41) is 2.94. The minimum absolute atomic E-state index is 0.0675. The number of amides is 1. The highest BCUT2D eigenvalue weighted by atomic mass is 19.1. The largest absolute Gasteiger partial charge is 0.356 e. The van der Waals surface area contributed by atoms with Crippen molar-refractivity contribution in [2.24, 2.45) is 29.6 Å². The van der Waals surface area contributed by atoms with Gasteiger partial charge in [0.05, 0.1) is 0 Å². The maximum absolute atomic E-state index is 13.6. The molecule has 0 spiro atoms. The molecule has 5 rings (SSSR count). The molecule has 4 bridgehead atoms. The highest BCUT2D eigenvalue weighted by molar-refractivity contribution is 5.79. The summed E-state index contributed by atoms with van der Waals surface area (Å²) in [6.45, 7) is 0.305. The smallest absolute Gasteiger partial charge is 0.223 e. The van der Waals surface area contributed by atoms with Crippen LogP contribution < -0.4 is 5.32 Å². The second kappa shape index (κ2) is 5.88. The van der Waals surface area contributed by atoms with Gasteiger partial charge in [0.15, 0.2) is 0 Å². The van der Waals surface area contributed by atoms with Crippen molar-refractivity contribution in [1.29, 1.82) is 0 Å². The van der Waals surface area contributed by atoms with Crippen molar-refractivity contribution >= 4 is 5.91 Å². The Morgan fingerprint density at radius 1 is 1.00 bits per heavy atom. The molecule has 1 aromatic carbocycles. The minimum Gasteiger partial charge on any atom is -0.356 e. The quantitative estimate of drug-likeness (QED) is 0.901. The number of carbonyl (C=O) groups excluding carboxylic acids is 1. The third-order valence-corrected chi connectivity index (χ3v) is 6.27. The fraction of sp³-hybridized carbons (Fsp3) is 0.632. The second-order valence-corrected chi connectivity index (χ2v) is 7.70. The van der Waals surface area contributed by atoms with Crippen LogP contribution in [0, 0.1) is 41.2 Å². The van der Waals surface area contributed by atoms with Crippen molar-refractivity contribution in [2.75, 3.05) is 6.54 Å². The summed E-state index contributed by atoms with van der Waals surface area (Å²) < 4.78 is 27.2. The van der Waals surface area contributed by atoms with Crippen molar-refractivity contribution < 1.29 is 13.6 Å². The number of rotatable bonds is 4. The Kier molecular flexibility index (Phi) is 3.86. The van der Waals surface area contributed by atoms with Crippen molar-refractivity contribution in [3.63, 3.8) is 0 Å². The standard InChI is InChI=1S/C19H23F2NO/c20-16-2-1-3-17(21)15(16)4-5-22-19(23)18-13-7-11-6-12(9-13)10-14(18)8-11/h1-3,11-14,18H,4-10H2,(H,22,23). The third kappa shape index (κ3) is 2.77. The highest BCUT2D eigenvalue weighted by Gasteiger charge is 2.50. The molecular formula is C19H23F2NO. The Morgan fingerprint density at radius 2 is 1.57 bits per heavy atom. The summed E-state index contributed by atoms with van der Waals surface area (Å²) in [6, 6.07) is 3.89. The zero-order valence-electron chi connectivity index (χ0n) is 13.2. The fourth-order valence-corrected chi connectivity index (χ4v) is 5.55. The van der Waals surface area contributed by atoms with E-state index in [0.29, 0.717) is 18.4 Å². The van der Waals surface area contributed by atoms with Gasteiger partial charge in [-0.05, 0) is 74.3 Å². The average Bonchev–Trinajstić information content (AvgIpc) is 2.49. The van der Waals surface area contributed by atoms with Crippen molar-refractivity contribution in [3.05, 3.63) is 35.4 Å². The van der Waals surface area contributed by atoms with E-state index in [2.05, 4.69) is 5.32 Å². The topological polar surface area (TPSA) is 29.1 Å². The molecular weight excluding hydrogens is 296 g/mol. The van der Waals surface area contributed by atoms with Gasteiger partial charge in [-0.15, -0.1) is 0 Å². The second-order valence-electron chi connectivity index (χ2n) is 7.70. The molecule has 1 amide bonds. The molecule has 2 nitrogen and oxygen atoms in total. The number of nitrogens with one attached hydrogen (secondary N) is 1. The number of carbonyl (C=O) groups is 1. The number of hydrogen-bond acceptors (Lipinski definition) is 1. The van der Waals surface area contributed by atoms with E-state index in [1.165, 1.54) is 50.3 Å². The van der Waals surface area contributed by atoms with Crippen molar-refractivity contribution in [1.82, 2.24) is 5.32 Å². The Bertz CT molecular complexity index is 567. The molecule has 4 fully saturated rings. The lowest BCUT2D eigenvalue weighted by atomic mass is 9.51. The SMILES string of the molecule is O=C(NCCc1c(F)cccc1F)C1C2CC3CC(C2)CC1C3. The van der Waals surface area contributed by atoms with E-state index in [1.54, 1.807) is 0 Å². The van der Waals surface area contributed by atoms with Crippen LogP contribution in [0.2, 0.25) is 0 Å². The van der Waals surface area contributed by atoms with Crippen LogP contribution in [0.1, 0.15) is 37.7 Å². The molecule has 4 aliphatic rings. The van der Waals surface area contributed by atoms with Crippen molar-refractivity contribution in [2.45, 2.75) is 38.5 Å². The first-order valence-corrected chi connectivity index (χ1v) is 8.82. The monoisotopic (exact) mass is 319 g/mol. The molecule has 1 N–H and O–H groups in total. The summed E-state index contributed by atoms with van der Waals surface area (Å²) >= 11 is 0. The van der Waals surface area contributed by atoms with Crippen LogP contribution in [0.3, 0.4) is 0 Å². The summed E-state index contributed by atoms with van der Waals surface area (Å²) in [5.74, 6) is 1.93. The van der Waals surface area contributed by atoms with Crippen LogP contribution >= 0.6 is 0 Å². The molecule has 0 aromatic heterocycles. The van der Waals surface area contributed by atoms with Crippen LogP contribution in [-0.4, -0.2) is 12.5 Å². The lowest BCUT2D eigenvalue weighted by molar-refractivity contribution is -0.138. The first-order chi connectivity index (χ1) is 11.1. The number of hydrogen-bond donors (Lipinski definition) is 1. The Balaban J connectivity index is 1.36. The first kappa shape index (κ1) is 15.1. The first-order valence-electron chi connectivity index (χ1n) is 8.82. The maximum atomic E-state index is 13.6. The van der Waals surface area contributed by atoms with E-state index in [1.807, 2.05) is 0 Å². The number of halogens is 2. The van der Waals surface area contributed by atoms with E-state index in [-0.39, 0.29) is 23.8 Å². The fourth-order valence-electron chi connectivity index (χ4n) is 5.55. The molecule has 23 heavy (non-hydrogen) atoms. The minimum atomic E-state index is -0.533. The molecule has 0 atom stereocenters. The van der Waals surface area contributed by atoms with Crippen LogP contribution in [0.25, 0.3) is 0 Å². The lowest BCUT2D eigenvalue weighted by Crippen LogP contribution is -2.51. The van der Waals surface area contributed by atoms with Gasteiger partial charge in [0.2, 0.25) is 5.91 Å². The Labute approximate surface area is 135 Å². The highest BCUT2D eigenvalue weighted by Crippen LogP contribution is 2.56. The van der Waals surface area contributed by atoms with Crippen LogP contribution in [0.5, 0.6) is 0 Å². The van der Waals surface area contributed by atoms with Gasteiger partial charge in [-0.25, -0.2) is 8.78 Å². The van der Waals surface area contributed by atoms with Crippen LogP contribution in [0.15, 0.2) is 18.2 Å². The van der Waals surface area contributed by atoms with Gasteiger partial charge < -0.3 is 5.32 Å². The van der Waals surface area contributed by atoms with Crippen LogP contribution in [0.4, 0.5) is 8.78 Å². The zero-order valence-corrected chi connectivity index (χ0v) is 13.2. The summed E-state index contributed by atoms with van der Waals surface area (Å²) in [6.07, 6.45) is 6.38. The van der Waals surface area contributed by atoms with E-state index >= 15 is 0 Å². The van der Waals surface area contributed by atoms with Gasteiger partial charge >= 0.3 is 0 Å². The van der Waals surface area contributed by atoms with E-state index < -0.39 is 11.6 Å². The van der Waals surface area contributed by atoms with E-state index in [9.17, 15) is 13.6 Å². The maximum Gasteiger partial charge on any atom is 0.223 e. The predicted molar refractivity (Wildman–Crippen MR) is 83.6 cm³/mol. The summed E-state index contributed by atoms with van der Waals surface area (Å²) in [4.78, 5) is 12.6. The molecule has 124 valence electrons. The van der Waals surface area contributed by atoms with Crippen LogP contribution in [-0.2, 0) is 11.2 Å². The van der Waals surface area contributed by atoms with Gasteiger partial charge in [0.25, 0.3) is 0 Å². The average molecular weight is 319 g/mol. The molecule has 4 saturated carbocycles. The normalized spacial score (nSPS) is 34.6. The molecule has 0 radical (unpaired) electrons. The lowest BCUT2D eigenvalue weighted by Gasteiger charge is -2.53. The Morgan fingerprint density at radius 3 is 2.13 bits per heavy atom. The zero-order chi connectivity index (χ0) is 16.0. The third-order valence-electron chi connectivity index (χ3n) is 6.27. The van der Waals surface area contributed by atoms with Gasteiger partial charge in [0.1, 0.15) is 11.6 Å². The van der Waals surface area contributed by atoms with E-state index in [0.717, 1.165) is 11.8 Å². The summed E-state index contributed by atoms with van der Waals surface area (Å²) in [5.41, 5.74) is 0.0675. The number of benzene rings is 1. The molecule has 4 aliphatic carbocycles. The van der Waals surface area contributed by atoms with Gasteiger partial charge in [-0.1, -0.05) is 6.07 Å². The molecule has 4 heteroatoms.